The van der Waals surface area contributed by atoms with E-state index in [2.05, 4.69) is 29.0 Å². The summed E-state index contributed by atoms with van der Waals surface area (Å²) in [4.78, 5) is 16.4. The van der Waals surface area contributed by atoms with Gasteiger partial charge in [-0.3, -0.25) is 4.79 Å². The van der Waals surface area contributed by atoms with Crippen molar-refractivity contribution in [2.45, 2.75) is 44.7 Å². The molecule has 5 heteroatoms. The maximum absolute atomic E-state index is 11.9. The lowest BCUT2D eigenvalue weighted by molar-refractivity contribution is -0.125. The molecule has 0 radical (unpaired) electrons. The van der Waals surface area contributed by atoms with E-state index in [1.807, 2.05) is 14.1 Å². The Kier molecular flexibility index (Phi) is 6.23. The molecule has 1 fully saturated rings. The van der Waals surface area contributed by atoms with E-state index in [-0.39, 0.29) is 5.91 Å². The van der Waals surface area contributed by atoms with E-state index < -0.39 is 5.54 Å². The molecule has 5 nitrogen and oxygen atoms in total. The number of likely N-dealkylation sites (N-methyl/N-ethyl adjacent to an activating group) is 1. The van der Waals surface area contributed by atoms with Crippen molar-refractivity contribution < 1.29 is 4.79 Å². The number of nitrogens with one attached hydrogen (secondary N) is 1. The van der Waals surface area contributed by atoms with Crippen LogP contribution in [0.5, 0.6) is 0 Å². The fourth-order valence-electron chi connectivity index (χ4n) is 2.70. The Morgan fingerprint density at radius 3 is 2.58 bits per heavy atom. The van der Waals surface area contributed by atoms with E-state index in [1.54, 1.807) is 0 Å². The van der Waals surface area contributed by atoms with Crippen LogP contribution in [0.15, 0.2) is 0 Å². The highest BCUT2D eigenvalue weighted by Crippen LogP contribution is 2.23. The molecule has 19 heavy (non-hydrogen) atoms. The molecule has 3 N–H and O–H groups in total. The third-order valence-electron chi connectivity index (χ3n) is 4.10. The van der Waals surface area contributed by atoms with E-state index in [0.29, 0.717) is 6.04 Å². The van der Waals surface area contributed by atoms with Crippen LogP contribution in [0.3, 0.4) is 0 Å². The van der Waals surface area contributed by atoms with E-state index in [9.17, 15) is 4.79 Å². The van der Waals surface area contributed by atoms with Gasteiger partial charge in [-0.15, -0.1) is 0 Å². The first-order valence-electron chi connectivity index (χ1n) is 7.31. The van der Waals surface area contributed by atoms with Crippen molar-refractivity contribution in [3.8, 4) is 0 Å². The van der Waals surface area contributed by atoms with Crippen LogP contribution in [0.2, 0.25) is 0 Å². The molecule has 112 valence electrons. The molecule has 0 aromatic rings. The minimum absolute atomic E-state index is 0.197. The zero-order valence-corrected chi connectivity index (χ0v) is 12.9. The molecule has 0 bridgehead atoms. The van der Waals surface area contributed by atoms with E-state index in [0.717, 1.165) is 45.4 Å². The fourth-order valence-corrected chi connectivity index (χ4v) is 2.70. The van der Waals surface area contributed by atoms with Crippen molar-refractivity contribution in [2.75, 3.05) is 40.3 Å². The highest BCUT2D eigenvalue weighted by Gasteiger charge is 2.37. The number of hydrogen-bond donors (Lipinski definition) is 2. The molecule has 1 heterocycles. The summed E-state index contributed by atoms with van der Waals surface area (Å²) in [6.07, 6.45) is 2.68. The van der Waals surface area contributed by atoms with Gasteiger partial charge in [0.05, 0.1) is 5.54 Å². The fraction of sp³-hybridized carbons (Fsp3) is 0.929. The van der Waals surface area contributed by atoms with Crippen LogP contribution >= 0.6 is 0 Å². The molecule has 1 atom stereocenters. The third-order valence-corrected chi connectivity index (χ3v) is 4.10. The summed E-state index contributed by atoms with van der Waals surface area (Å²) in [7, 11) is 4.07. The normalized spacial score (nSPS) is 25.8. The molecule has 1 saturated heterocycles. The number of rotatable bonds is 6. The van der Waals surface area contributed by atoms with Crippen molar-refractivity contribution in [3.63, 3.8) is 0 Å². The van der Waals surface area contributed by atoms with Crippen LogP contribution in [-0.2, 0) is 4.79 Å². The highest BCUT2D eigenvalue weighted by atomic mass is 16.1. The Morgan fingerprint density at radius 1 is 1.37 bits per heavy atom. The molecule has 0 aromatic carbocycles. The van der Waals surface area contributed by atoms with Gasteiger partial charge in [0.25, 0.3) is 0 Å². The number of amides is 1. The van der Waals surface area contributed by atoms with Gasteiger partial charge in [0.1, 0.15) is 0 Å². The second-order valence-corrected chi connectivity index (χ2v) is 6.16. The van der Waals surface area contributed by atoms with Crippen molar-refractivity contribution in [3.05, 3.63) is 0 Å². The number of nitrogens with two attached hydrogens (primary N) is 1. The summed E-state index contributed by atoms with van der Waals surface area (Å²) in [5.74, 6) is -0.197. The van der Waals surface area contributed by atoms with E-state index in [4.69, 9.17) is 5.73 Å². The molecule has 1 aliphatic rings. The van der Waals surface area contributed by atoms with E-state index in [1.165, 1.54) is 0 Å². The summed E-state index contributed by atoms with van der Waals surface area (Å²) in [5, 5.41) is 3.42. The lowest BCUT2D eigenvalue weighted by atomic mass is 9.89. The average Bonchev–Trinajstić information content (AvgIpc) is 2.52. The minimum Gasteiger partial charge on any atom is -0.368 e. The molecular weight excluding hydrogens is 240 g/mol. The number of hydrogen-bond acceptors (Lipinski definition) is 4. The number of likely N-dealkylation sites (tertiary alicyclic amines) is 1. The lowest BCUT2D eigenvalue weighted by Gasteiger charge is -2.32. The van der Waals surface area contributed by atoms with Gasteiger partial charge < -0.3 is 20.9 Å². The lowest BCUT2D eigenvalue weighted by Crippen LogP contribution is -2.57. The summed E-state index contributed by atoms with van der Waals surface area (Å²) in [6, 6.07) is 0.533. The van der Waals surface area contributed by atoms with Gasteiger partial charge in [-0.2, -0.15) is 0 Å². The van der Waals surface area contributed by atoms with Crippen molar-refractivity contribution in [2.24, 2.45) is 5.73 Å². The molecule has 0 saturated carbocycles. The van der Waals surface area contributed by atoms with Crippen molar-refractivity contribution in [1.82, 2.24) is 15.1 Å². The molecule has 0 aromatic heterocycles. The SMILES string of the molecule is CC(C)N1CCCC(NCCN(C)C)(C(N)=O)CC1. The molecule has 1 rings (SSSR count). The predicted octanol–water partition coefficient (Wildman–Crippen LogP) is 0.256. The first-order valence-corrected chi connectivity index (χ1v) is 7.31. The van der Waals surface area contributed by atoms with Gasteiger partial charge in [0.2, 0.25) is 5.91 Å². The Labute approximate surface area is 117 Å². The van der Waals surface area contributed by atoms with Gasteiger partial charge in [0, 0.05) is 25.7 Å². The zero-order valence-electron chi connectivity index (χ0n) is 12.9. The molecule has 1 unspecified atom stereocenters. The number of carbonyl (C=O) groups excluding carboxylic acids is 1. The topological polar surface area (TPSA) is 61.6 Å². The molecule has 0 aliphatic carbocycles. The van der Waals surface area contributed by atoms with Crippen LogP contribution < -0.4 is 11.1 Å². The Hall–Kier alpha value is -0.650. The number of carbonyl (C=O) groups is 1. The number of nitrogens with zero attached hydrogens (tertiary/aromatic N) is 2. The highest BCUT2D eigenvalue weighted by molar-refractivity contribution is 5.84. The standard InChI is InChI=1S/C14H30N4O/c1-12(2)18-9-5-6-14(7-10-18,13(15)19)16-8-11-17(3)4/h12,16H,5-11H2,1-4H3,(H2,15,19). The summed E-state index contributed by atoms with van der Waals surface area (Å²) in [6.45, 7) is 8.13. The maximum atomic E-state index is 11.9. The summed E-state index contributed by atoms with van der Waals surface area (Å²) < 4.78 is 0. The summed E-state index contributed by atoms with van der Waals surface area (Å²) >= 11 is 0. The average molecular weight is 270 g/mol. The smallest absolute Gasteiger partial charge is 0.237 e. The van der Waals surface area contributed by atoms with Crippen LogP contribution in [0.25, 0.3) is 0 Å². The quantitative estimate of drug-likeness (QED) is 0.726. The largest absolute Gasteiger partial charge is 0.368 e. The van der Waals surface area contributed by atoms with Gasteiger partial charge >= 0.3 is 0 Å². The third kappa shape index (κ3) is 4.75. The van der Waals surface area contributed by atoms with Gasteiger partial charge in [-0.1, -0.05) is 0 Å². The van der Waals surface area contributed by atoms with Crippen LogP contribution in [0, 0.1) is 0 Å². The van der Waals surface area contributed by atoms with Crippen LogP contribution in [0.4, 0.5) is 0 Å². The van der Waals surface area contributed by atoms with Gasteiger partial charge in [-0.05, 0) is 53.8 Å². The summed E-state index contributed by atoms with van der Waals surface area (Å²) in [5.41, 5.74) is 5.16. The monoisotopic (exact) mass is 270 g/mol. The van der Waals surface area contributed by atoms with Gasteiger partial charge in [-0.25, -0.2) is 0 Å². The Bertz CT molecular complexity index is 293. The molecule has 1 amide bonds. The minimum atomic E-state index is -0.514. The second-order valence-electron chi connectivity index (χ2n) is 6.16. The number of primary amides is 1. The molecule has 1 aliphatic heterocycles. The van der Waals surface area contributed by atoms with Crippen LogP contribution in [-0.4, -0.2) is 67.6 Å². The zero-order chi connectivity index (χ0) is 14.5. The molecule has 0 spiro atoms. The van der Waals surface area contributed by atoms with E-state index >= 15 is 0 Å². The second kappa shape index (κ2) is 7.22. The van der Waals surface area contributed by atoms with Crippen molar-refractivity contribution in [1.29, 1.82) is 0 Å². The van der Waals surface area contributed by atoms with Crippen molar-refractivity contribution >= 4 is 5.91 Å². The molecular formula is C14H30N4O. The first kappa shape index (κ1) is 16.4. The van der Waals surface area contributed by atoms with Crippen LogP contribution in [0.1, 0.15) is 33.1 Å². The maximum Gasteiger partial charge on any atom is 0.237 e. The Morgan fingerprint density at radius 2 is 2.05 bits per heavy atom. The van der Waals surface area contributed by atoms with Gasteiger partial charge in [0.15, 0.2) is 0 Å². The predicted molar refractivity (Wildman–Crippen MR) is 79.0 cm³/mol. The first-order chi connectivity index (χ1) is 8.87. The Balaban J connectivity index is 2.63.